The molecule has 0 aliphatic heterocycles. The van der Waals surface area contributed by atoms with Crippen LogP contribution >= 0.6 is 11.6 Å². The molecule has 0 heterocycles. The third kappa shape index (κ3) is 9.46. The summed E-state index contributed by atoms with van der Waals surface area (Å²) >= 11 is 5.82. The van der Waals surface area contributed by atoms with E-state index in [1.54, 1.807) is 24.3 Å². The number of amides is 2. The van der Waals surface area contributed by atoms with Crippen molar-refractivity contribution >= 4 is 29.1 Å². The standard InChI is InChI=1S/C19H30ClN3O2/c1-18(2,3)13-19(4,5)22-17(25)12-23(6)11-16(24)21-15-9-7-14(20)8-10-15/h7-10H,11-13H2,1-6H3,(H,21,24)(H,22,25)/p+1. The van der Waals surface area contributed by atoms with Crippen molar-refractivity contribution in [2.45, 2.75) is 46.6 Å². The first-order chi connectivity index (χ1) is 11.4. The van der Waals surface area contributed by atoms with Gasteiger partial charge in [0.05, 0.1) is 7.05 Å². The zero-order valence-electron chi connectivity index (χ0n) is 16.1. The molecule has 5 nitrogen and oxygen atoms in total. The smallest absolute Gasteiger partial charge is 0.279 e. The number of hydrogen-bond donors (Lipinski definition) is 3. The van der Waals surface area contributed by atoms with E-state index in [0.717, 1.165) is 11.3 Å². The average molecular weight is 369 g/mol. The van der Waals surface area contributed by atoms with Crippen LogP contribution in [-0.2, 0) is 9.59 Å². The monoisotopic (exact) mass is 368 g/mol. The van der Waals surface area contributed by atoms with Gasteiger partial charge < -0.3 is 15.5 Å². The Kier molecular flexibility index (Phi) is 7.44. The molecular formula is C19H31ClN3O2+. The van der Waals surface area contributed by atoms with Crippen LogP contribution in [0.5, 0.6) is 0 Å². The van der Waals surface area contributed by atoms with Crippen molar-refractivity contribution in [3.8, 4) is 0 Å². The van der Waals surface area contributed by atoms with E-state index in [1.807, 2.05) is 20.9 Å². The maximum atomic E-state index is 12.3. The predicted octanol–water partition coefficient (Wildman–Crippen LogP) is 2.12. The van der Waals surface area contributed by atoms with Gasteiger partial charge in [-0.25, -0.2) is 0 Å². The number of anilines is 1. The van der Waals surface area contributed by atoms with Gasteiger partial charge in [0, 0.05) is 16.2 Å². The lowest BCUT2D eigenvalue weighted by Crippen LogP contribution is -3.11. The van der Waals surface area contributed by atoms with E-state index < -0.39 is 0 Å². The molecule has 0 aliphatic rings. The number of benzene rings is 1. The molecule has 0 aliphatic carbocycles. The van der Waals surface area contributed by atoms with Gasteiger partial charge in [-0.1, -0.05) is 32.4 Å². The molecule has 0 fully saturated rings. The van der Waals surface area contributed by atoms with Crippen LogP contribution in [0.15, 0.2) is 24.3 Å². The molecule has 1 aromatic rings. The van der Waals surface area contributed by atoms with Gasteiger partial charge in [0.25, 0.3) is 11.8 Å². The Hall–Kier alpha value is -1.59. The fourth-order valence-electron chi connectivity index (χ4n) is 3.14. The summed E-state index contributed by atoms with van der Waals surface area (Å²) in [7, 11) is 1.83. The molecular weight excluding hydrogens is 338 g/mol. The fraction of sp³-hybridized carbons (Fsp3) is 0.579. The Morgan fingerprint density at radius 3 is 2.04 bits per heavy atom. The van der Waals surface area contributed by atoms with Crippen LogP contribution in [0, 0.1) is 5.41 Å². The SMILES string of the molecule is C[NH+](CC(=O)Nc1ccc(Cl)cc1)CC(=O)NC(C)(C)CC(C)(C)C. The van der Waals surface area contributed by atoms with Gasteiger partial charge in [0.1, 0.15) is 0 Å². The molecule has 6 heteroatoms. The zero-order chi connectivity index (χ0) is 19.3. The highest BCUT2D eigenvalue weighted by Gasteiger charge is 2.28. The first-order valence-electron chi connectivity index (χ1n) is 8.54. The van der Waals surface area contributed by atoms with Crippen LogP contribution in [0.2, 0.25) is 5.02 Å². The molecule has 0 saturated carbocycles. The Labute approximate surface area is 156 Å². The van der Waals surface area contributed by atoms with E-state index in [4.69, 9.17) is 11.6 Å². The zero-order valence-corrected chi connectivity index (χ0v) is 16.9. The van der Waals surface area contributed by atoms with Crippen LogP contribution in [0.3, 0.4) is 0 Å². The molecule has 0 radical (unpaired) electrons. The second-order valence-electron chi connectivity index (χ2n) is 8.54. The Balaban J connectivity index is 2.44. The molecule has 0 bridgehead atoms. The normalized spacial score (nSPS) is 13.2. The van der Waals surface area contributed by atoms with Crippen molar-refractivity contribution in [2.75, 3.05) is 25.5 Å². The lowest BCUT2D eigenvalue weighted by molar-refractivity contribution is -0.862. The lowest BCUT2D eigenvalue weighted by atomic mass is 9.82. The van der Waals surface area contributed by atoms with Gasteiger partial charge in [-0.15, -0.1) is 0 Å². The van der Waals surface area contributed by atoms with Crippen LogP contribution < -0.4 is 15.5 Å². The van der Waals surface area contributed by atoms with E-state index in [2.05, 4.69) is 31.4 Å². The van der Waals surface area contributed by atoms with Crippen LogP contribution in [0.1, 0.15) is 41.0 Å². The Morgan fingerprint density at radius 2 is 1.52 bits per heavy atom. The van der Waals surface area contributed by atoms with Gasteiger partial charge in [0.15, 0.2) is 13.1 Å². The van der Waals surface area contributed by atoms with Gasteiger partial charge in [-0.2, -0.15) is 0 Å². The number of quaternary nitrogens is 1. The summed E-state index contributed by atoms with van der Waals surface area (Å²) in [6.07, 6.45) is 0.877. The molecule has 1 aromatic carbocycles. The predicted molar refractivity (Wildman–Crippen MR) is 103 cm³/mol. The van der Waals surface area contributed by atoms with Crippen molar-refractivity contribution in [3.63, 3.8) is 0 Å². The number of nitrogens with one attached hydrogen (secondary N) is 3. The minimum absolute atomic E-state index is 0.0500. The van der Waals surface area contributed by atoms with Gasteiger partial charge in [-0.3, -0.25) is 9.59 Å². The molecule has 1 rings (SSSR count). The largest absolute Gasteiger partial charge is 0.346 e. The lowest BCUT2D eigenvalue weighted by Gasteiger charge is -2.33. The first kappa shape index (κ1) is 21.5. The number of likely N-dealkylation sites (N-methyl/N-ethyl adjacent to an activating group) is 1. The maximum absolute atomic E-state index is 12.3. The molecule has 1 unspecified atom stereocenters. The Morgan fingerprint density at radius 1 is 1.00 bits per heavy atom. The quantitative estimate of drug-likeness (QED) is 0.690. The van der Waals surface area contributed by atoms with Crippen molar-refractivity contribution in [1.29, 1.82) is 0 Å². The second-order valence-corrected chi connectivity index (χ2v) is 8.97. The summed E-state index contributed by atoms with van der Waals surface area (Å²) in [5, 5.41) is 6.49. The topological polar surface area (TPSA) is 62.6 Å². The second kappa shape index (κ2) is 8.68. The maximum Gasteiger partial charge on any atom is 0.279 e. The number of carbonyl (C=O) groups excluding carboxylic acids is 2. The van der Waals surface area contributed by atoms with Crippen molar-refractivity contribution in [2.24, 2.45) is 5.41 Å². The van der Waals surface area contributed by atoms with Crippen molar-refractivity contribution in [3.05, 3.63) is 29.3 Å². The molecule has 0 spiro atoms. The number of rotatable bonds is 7. The van der Waals surface area contributed by atoms with Crippen LogP contribution in [0.4, 0.5) is 5.69 Å². The molecule has 140 valence electrons. The number of halogens is 1. The van der Waals surface area contributed by atoms with Gasteiger partial charge in [-0.05, 0) is 49.9 Å². The minimum atomic E-state index is -0.277. The number of carbonyl (C=O) groups is 2. The Bertz CT molecular complexity index is 592. The van der Waals surface area contributed by atoms with E-state index in [-0.39, 0.29) is 35.9 Å². The average Bonchev–Trinajstić information content (AvgIpc) is 2.36. The molecule has 0 aromatic heterocycles. The van der Waals surface area contributed by atoms with Gasteiger partial charge in [0.2, 0.25) is 0 Å². The van der Waals surface area contributed by atoms with Gasteiger partial charge >= 0.3 is 0 Å². The van der Waals surface area contributed by atoms with E-state index in [0.29, 0.717) is 10.7 Å². The highest BCUT2D eigenvalue weighted by Crippen LogP contribution is 2.26. The summed E-state index contributed by atoms with van der Waals surface area (Å²) in [5.41, 5.74) is 0.549. The molecule has 1 atom stereocenters. The van der Waals surface area contributed by atoms with Crippen molar-refractivity contribution < 1.29 is 14.5 Å². The fourth-order valence-corrected chi connectivity index (χ4v) is 3.27. The molecule has 0 saturated heterocycles. The first-order valence-corrected chi connectivity index (χ1v) is 8.92. The minimum Gasteiger partial charge on any atom is -0.346 e. The summed E-state index contributed by atoms with van der Waals surface area (Å²) in [6, 6.07) is 6.94. The molecule has 3 N–H and O–H groups in total. The summed E-state index contributed by atoms with van der Waals surface area (Å²) in [5.74, 6) is -0.187. The third-order valence-corrected chi connectivity index (χ3v) is 3.75. The van der Waals surface area contributed by atoms with Crippen LogP contribution in [-0.4, -0.2) is 37.5 Å². The van der Waals surface area contributed by atoms with Crippen LogP contribution in [0.25, 0.3) is 0 Å². The summed E-state index contributed by atoms with van der Waals surface area (Å²) in [4.78, 5) is 25.1. The third-order valence-electron chi connectivity index (χ3n) is 3.50. The van der Waals surface area contributed by atoms with E-state index in [1.165, 1.54) is 0 Å². The van der Waals surface area contributed by atoms with E-state index >= 15 is 0 Å². The summed E-state index contributed by atoms with van der Waals surface area (Å²) in [6.45, 7) is 11.0. The van der Waals surface area contributed by atoms with E-state index in [9.17, 15) is 9.59 Å². The molecule has 2 amide bonds. The summed E-state index contributed by atoms with van der Waals surface area (Å²) < 4.78 is 0. The van der Waals surface area contributed by atoms with Crippen molar-refractivity contribution in [1.82, 2.24) is 5.32 Å². The number of hydrogen-bond acceptors (Lipinski definition) is 2. The highest BCUT2D eigenvalue weighted by atomic mass is 35.5. The molecule has 25 heavy (non-hydrogen) atoms. The highest BCUT2D eigenvalue weighted by molar-refractivity contribution is 6.30.